The number of aliphatic hydroxyl groups is 1. The average Bonchev–Trinajstić information content (AvgIpc) is 3.04. The van der Waals surface area contributed by atoms with Crippen molar-refractivity contribution in [2.75, 3.05) is 6.54 Å². The predicted octanol–water partition coefficient (Wildman–Crippen LogP) is 2.30. The average molecular weight is 299 g/mol. The quantitative estimate of drug-likeness (QED) is 0.910. The van der Waals surface area contributed by atoms with Crippen molar-refractivity contribution in [3.63, 3.8) is 0 Å². The first-order valence-corrected chi connectivity index (χ1v) is 7.78. The molecule has 0 spiro atoms. The zero-order chi connectivity index (χ0) is 15.4. The third-order valence-corrected chi connectivity index (χ3v) is 4.20. The first-order chi connectivity index (χ1) is 10.7. The standard InChI is InChI=1S/C17H21N3O2/c21-16(18-13-17(22)10-5-2-6-11-17)15-9-12-20(19-15)14-7-3-1-4-8-14/h1,3-4,7-9,12,22H,2,5-6,10-11,13H2,(H,18,21). The van der Waals surface area contributed by atoms with E-state index in [0.717, 1.165) is 37.8 Å². The second-order valence-corrected chi connectivity index (χ2v) is 5.95. The van der Waals surface area contributed by atoms with Gasteiger partial charge in [0.05, 0.1) is 11.3 Å². The molecule has 116 valence electrons. The molecule has 0 aliphatic heterocycles. The number of carbonyl (C=O) groups excluding carboxylic acids is 1. The number of aromatic nitrogens is 2. The third kappa shape index (κ3) is 3.36. The van der Waals surface area contributed by atoms with Crippen molar-refractivity contribution in [3.8, 4) is 5.69 Å². The van der Waals surface area contributed by atoms with Gasteiger partial charge in [0.1, 0.15) is 0 Å². The lowest BCUT2D eigenvalue weighted by atomic mass is 9.85. The van der Waals surface area contributed by atoms with Crippen LogP contribution in [0, 0.1) is 0 Å². The van der Waals surface area contributed by atoms with E-state index in [0.29, 0.717) is 12.2 Å². The summed E-state index contributed by atoms with van der Waals surface area (Å²) in [6.45, 7) is 0.296. The fraction of sp³-hybridized carbons (Fsp3) is 0.412. The molecule has 0 unspecified atom stereocenters. The fourth-order valence-corrected chi connectivity index (χ4v) is 2.89. The minimum absolute atomic E-state index is 0.242. The van der Waals surface area contributed by atoms with Gasteiger partial charge in [-0.2, -0.15) is 5.10 Å². The molecule has 1 aliphatic carbocycles. The summed E-state index contributed by atoms with van der Waals surface area (Å²) in [5.74, 6) is -0.242. The Kier molecular flexibility index (Phi) is 4.24. The van der Waals surface area contributed by atoms with E-state index in [9.17, 15) is 9.90 Å². The van der Waals surface area contributed by atoms with E-state index in [1.165, 1.54) is 0 Å². The van der Waals surface area contributed by atoms with Gasteiger partial charge in [-0.3, -0.25) is 4.79 Å². The molecule has 1 aromatic heterocycles. The zero-order valence-electron chi connectivity index (χ0n) is 12.5. The van der Waals surface area contributed by atoms with Crippen molar-refractivity contribution in [2.24, 2.45) is 0 Å². The lowest BCUT2D eigenvalue weighted by Crippen LogP contribution is -2.44. The Labute approximate surface area is 130 Å². The summed E-state index contributed by atoms with van der Waals surface area (Å²) in [6.07, 6.45) is 6.48. The highest BCUT2D eigenvalue weighted by Gasteiger charge is 2.29. The second kappa shape index (κ2) is 6.32. The van der Waals surface area contributed by atoms with E-state index in [2.05, 4.69) is 10.4 Å². The highest BCUT2D eigenvalue weighted by molar-refractivity contribution is 5.92. The van der Waals surface area contributed by atoms with E-state index < -0.39 is 5.60 Å². The van der Waals surface area contributed by atoms with E-state index >= 15 is 0 Å². The predicted molar refractivity (Wildman–Crippen MR) is 83.9 cm³/mol. The van der Waals surface area contributed by atoms with Crippen molar-refractivity contribution in [2.45, 2.75) is 37.7 Å². The maximum atomic E-state index is 12.2. The Balaban J connectivity index is 1.62. The Hall–Kier alpha value is -2.14. The van der Waals surface area contributed by atoms with Crippen LogP contribution in [0.2, 0.25) is 0 Å². The highest BCUT2D eigenvalue weighted by atomic mass is 16.3. The van der Waals surface area contributed by atoms with Crippen molar-refractivity contribution in [1.29, 1.82) is 0 Å². The van der Waals surface area contributed by atoms with E-state index in [1.807, 2.05) is 30.3 Å². The molecule has 0 saturated heterocycles. The maximum absolute atomic E-state index is 12.2. The van der Waals surface area contributed by atoms with Crippen LogP contribution in [0.25, 0.3) is 5.69 Å². The summed E-state index contributed by atoms with van der Waals surface area (Å²) in [7, 11) is 0. The lowest BCUT2D eigenvalue weighted by Gasteiger charge is -2.31. The largest absolute Gasteiger partial charge is 0.388 e. The molecule has 1 heterocycles. The van der Waals surface area contributed by atoms with Gasteiger partial charge >= 0.3 is 0 Å². The molecule has 1 aromatic carbocycles. The number of amides is 1. The smallest absolute Gasteiger partial charge is 0.271 e. The molecule has 0 radical (unpaired) electrons. The van der Waals surface area contributed by atoms with Crippen LogP contribution in [0.1, 0.15) is 42.6 Å². The monoisotopic (exact) mass is 299 g/mol. The molecule has 0 bridgehead atoms. The number of nitrogens with zero attached hydrogens (tertiary/aromatic N) is 2. The van der Waals surface area contributed by atoms with Gasteiger partial charge in [-0.15, -0.1) is 0 Å². The molecule has 1 saturated carbocycles. The zero-order valence-corrected chi connectivity index (χ0v) is 12.5. The molecule has 3 rings (SSSR count). The van der Waals surface area contributed by atoms with Crippen LogP contribution in [-0.2, 0) is 0 Å². The van der Waals surface area contributed by atoms with E-state index in [-0.39, 0.29) is 5.91 Å². The van der Waals surface area contributed by atoms with Crippen LogP contribution in [-0.4, -0.2) is 32.9 Å². The van der Waals surface area contributed by atoms with Crippen LogP contribution in [0.4, 0.5) is 0 Å². The third-order valence-electron chi connectivity index (χ3n) is 4.20. The van der Waals surface area contributed by atoms with Crippen molar-refractivity contribution >= 4 is 5.91 Å². The molecule has 2 aromatic rings. The number of hydrogen-bond acceptors (Lipinski definition) is 3. The Morgan fingerprint density at radius 3 is 2.64 bits per heavy atom. The van der Waals surface area contributed by atoms with Gasteiger partial charge in [0.15, 0.2) is 5.69 Å². The number of rotatable bonds is 4. The van der Waals surface area contributed by atoms with Crippen LogP contribution in [0.3, 0.4) is 0 Å². The first-order valence-electron chi connectivity index (χ1n) is 7.78. The summed E-state index contributed by atoms with van der Waals surface area (Å²) in [6, 6.07) is 11.3. The SMILES string of the molecule is O=C(NCC1(O)CCCCC1)c1ccn(-c2ccccc2)n1. The number of carbonyl (C=O) groups is 1. The van der Waals surface area contributed by atoms with Gasteiger partial charge in [0.2, 0.25) is 0 Å². The maximum Gasteiger partial charge on any atom is 0.271 e. The minimum atomic E-state index is -0.754. The number of para-hydroxylation sites is 1. The molecule has 5 heteroatoms. The number of benzene rings is 1. The van der Waals surface area contributed by atoms with Crippen LogP contribution < -0.4 is 5.32 Å². The van der Waals surface area contributed by atoms with Crippen molar-refractivity contribution < 1.29 is 9.90 Å². The van der Waals surface area contributed by atoms with Gasteiger partial charge in [0, 0.05) is 12.7 Å². The number of hydrogen-bond donors (Lipinski definition) is 2. The Morgan fingerprint density at radius 2 is 1.91 bits per heavy atom. The van der Waals surface area contributed by atoms with Gasteiger partial charge in [0.25, 0.3) is 5.91 Å². The van der Waals surface area contributed by atoms with Gasteiger partial charge in [-0.25, -0.2) is 4.68 Å². The summed E-state index contributed by atoms with van der Waals surface area (Å²) < 4.78 is 1.67. The van der Waals surface area contributed by atoms with Gasteiger partial charge in [-0.1, -0.05) is 37.5 Å². The summed E-state index contributed by atoms with van der Waals surface area (Å²) in [5, 5.41) is 17.5. The normalized spacial score (nSPS) is 17.1. The highest BCUT2D eigenvalue weighted by Crippen LogP contribution is 2.27. The molecule has 0 atom stereocenters. The molecule has 1 fully saturated rings. The van der Waals surface area contributed by atoms with Crippen LogP contribution in [0.15, 0.2) is 42.6 Å². The number of nitrogens with one attached hydrogen (secondary N) is 1. The molecule has 1 amide bonds. The Morgan fingerprint density at radius 1 is 1.18 bits per heavy atom. The summed E-state index contributed by atoms with van der Waals surface area (Å²) in [5.41, 5.74) is 0.520. The van der Waals surface area contributed by atoms with Crippen molar-refractivity contribution in [1.82, 2.24) is 15.1 Å². The van der Waals surface area contributed by atoms with Crippen LogP contribution in [0.5, 0.6) is 0 Å². The van der Waals surface area contributed by atoms with E-state index in [1.54, 1.807) is 16.9 Å². The molecule has 2 N–H and O–H groups in total. The second-order valence-electron chi connectivity index (χ2n) is 5.95. The molecule has 1 aliphatic rings. The molecule has 5 nitrogen and oxygen atoms in total. The summed E-state index contributed by atoms with van der Waals surface area (Å²) in [4.78, 5) is 12.2. The van der Waals surface area contributed by atoms with Crippen LogP contribution >= 0.6 is 0 Å². The van der Waals surface area contributed by atoms with Crippen molar-refractivity contribution in [3.05, 3.63) is 48.3 Å². The molecular weight excluding hydrogens is 278 g/mol. The molecular formula is C17H21N3O2. The topological polar surface area (TPSA) is 67.2 Å². The van der Waals surface area contributed by atoms with E-state index in [4.69, 9.17) is 0 Å². The van der Waals surface area contributed by atoms with Gasteiger partial charge in [-0.05, 0) is 31.0 Å². The minimum Gasteiger partial charge on any atom is -0.388 e. The summed E-state index contributed by atoms with van der Waals surface area (Å²) >= 11 is 0. The van der Waals surface area contributed by atoms with Gasteiger partial charge < -0.3 is 10.4 Å². The Bertz CT molecular complexity index is 630. The molecule has 22 heavy (non-hydrogen) atoms. The first kappa shape index (κ1) is 14.8. The fourth-order valence-electron chi connectivity index (χ4n) is 2.89. The lowest BCUT2D eigenvalue weighted by molar-refractivity contribution is 0.00521.